The summed E-state index contributed by atoms with van der Waals surface area (Å²) >= 11 is 16.4. The summed E-state index contributed by atoms with van der Waals surface area (Å²) in [5.41, 5.74) is 0. The molecule has 0 heterocycles. The molecule has 0 aliphatic heterocycles. The Morgan fingerprint density at radius 1 is 0.636 bits per heavy atom. The third-order valence-electron chi connectivity index (χ3n) is 0.712. The maximum absolute atomic E-state index is 13.2. The summed E-state index contributed by atoms with van der Waals surface area (Å²) in [7, 11) is 0. The summed E-state index contributed by atoms with van der Waals surface area (Å²) in [4.78, 5) is 0. The lowest BCUT2D eigenvalue weighted by Crippen LogP contribution is -2.43. The maximum atomic E-state index is 13.2. The van der Waals surface area contributed by atoms with Gasteiger partial charge in [-0.25, -0.2) is 0 Å². The van der Waals surface area contributed by atoms with Crippen molar-refractivity contribution in [3.63, 3.8) is 0 Å². The Balaban J connectivity index is 4.75. The average molecular weight is 553 g/mol. The van der Waals surface area contributed by atoms with Gasteiger partial charge < -0.3 is 0 Å². The van der Waals surface area contributed by atoms with Gasteiger partial charge in [0.1, 0.15) is 0 Å². The molecule has 0 N–H and O–H groups in total. The zero-order valence-corrected chi connectivity index (χ0v) is 14.0. The van der Waals surface area contributed by atoms with E-state index in [9.17, 15) is 8.78 Å². The standard InChI is InChI=1S/C3Br6F2/c4-2(5,6)1(10,11)3(7,8)9. The van der Waals surface area contributed by atoms with Crippen molar-refractivity contribution in [3.05, 3.63) is 0 Å². The molecule has 68 valence electrons. The quantitative estimate of drug-likeness (QED) is 0.358. The van der Waals surface area contributed by atoms with Crippen molar-refractivity contribution in [2.45, 2.75) is 10.2 Å². The largest absolute Gasteiger partial charge is 0.316 e. The highest BCUT2D eigenvalue weighted by molar-refractivity contribution is 9.40. The molecule has 0 rings (SSSR count). The van der Waals surface area contributed by atoms with Crippen LogP contribution in [0, 0.1) is 0 Å². The fourth-order valence-electron chi connectivity index (χ4n) is 0.161. The van der Waals surface area contributed by atoms with Crippen molar-refractivity contribution < 1.29 is 8.78 Å². The molecule has 0 amide bonds. The van der Waals surface area contributed by atoms with Crippen LogP contribution in [0.4, 0.5) is 8.78 Å². The van der Waals surface area contributed by atoms with Gasteiger partial charge in [0.25, 0.3) is 0 Å². The normalized spacial score (nSPS) is 15.3. The summed E-state index contributed by atoms with van der Waals surface area (Å²) in [5.74, 6) is -3.12. The van der Waals surface area contributed by atoms with E-state index in [1.165, 1.54) is 0 Å². The smallest absolute Gasteiger partial charge is 0.200 e. The monoisotopic (exact) mass is 548 g/mol. The Bertz CT molecular complexity index is 127. The van der Waals surface area contributed by atoms with Crippen LogP contribution in [-0.2, 0) is 0 Å². The van der Waals surface area contributed by atoms with Gasteiger partial charge in [-0.05, 0) is 0 Å². The maximum Gasteiger partial charge on any atom is 0.316 e. The van der Waals surface area contributed by atoms with E-state index in [1.54, 1.807) is 0 Å². The van der Waals surface area contributed by atoms with E-state index in [0.717, 1.165) is 0 Å². The van der Waals surface area contributed by atoms with Gasteiger partial charge in [-0.15, -0.1) is 0 Å². The fourth-order valence-corrected chi connectivity index (χ4v) is 4.34. The van der Waals surface area contributed by atoms with E-state index < -0.39 is 10.2 Å². The van der Waals surface area contributed by atoms with Crippen LogP contribution in [0.25, 0.3) is 0 Å². The molecule has 0 radical (unpaired) electrons. The molecule has 0 spiro atoms. The van der Waals surface area contributed by atoms with E-state index in [4.69, 9.17) is 0 Å². The Hall–Kier alpha value is 2.74. The topological polar surface area (TPSA) is 0 Å². The van der Waals surface area contributed by atoms with E-state index in [0.29, 0.717) is 0 Å². The van der Waals surface area contributed by atoms with Crippen molar-refractivity contribution in [1.82, 2.24) is 0 Å². The van der Waals surface area contributed by atoms with Crippen molar-refractivity contribution in [3.8, 4) is 0 Å². The number of halogens is 8. The van der Waals surface area contributed by atoms with Crippen LogP contribution in [0.1, 0.15) is 0 Å². The van der Waals surface area contributed by atoms with E-state index in [-0.39, 0.29) is 0 Å². The third-order valence-corrected chi connectivity index (χ3v) is 3.70. The van der Waals surface area contributed by atoms with Gasteiger partial charge in [-0.1, -0.05) is 95.6 Å². The molecule has 0 unspecified atom stereocenters. The third kappa shape index (κ3) is 3.42. The van der Waals surface area contributed by atoms with Gasteiger partial charge in [0.2, 0.25) is 4.29 Å². The second-order valence-electron chi connectivity index (χ2n) is 1.57. The van der Waals surface area contributed by atoms with Crippen LogP contribution < -0.4 is 0 Å². The van der Waals surface area contributed by atoms with Crippen LogP contribution in [0.15, 0.2) is 0 Å². The van der Waals surface area contributed by atoms with Crippen LogP contribution in [0.2, 0.25) is 0 Å². The highest BCUT2D eigenvalue weighted by Gasteiger charge is 2.61. The molecule has 0 atom stereocenters. The molecule has 0 aromatic rings. The molecular formula is C3Br6F2. The van der Waals surface area contributed by atoms with Crippen LogP contribution >= 0.6 is 95.6 Å². The second kappa shape index (κ2) is 4.08. The van der Waals surface area contributed by atoms with E-state index in [1.807, 2.05) is 0 Å². The minimum atomic E-state index is -3.12. The molecule has 0 bridgehead atoms. The highest BCUT2D eigenvalue weighted by Crippen LogP contribution is 2.59. The molecule has 0 saturated heterocycles. The molecule has 0 saturated carbocycles. The lowest BCUT2D eigenvalue weighted by atomic mass is 10.5. The fraction of sp³-hybridized carbons (Fsp3) is 1.00. The Labute approximate surface area is 113 Å². The number of hydrogen-bond donors (Lipinski definition) is 0. The summed E-state index contributed by atoms with van der Waals surface area (Å²) in [6, 6.07) is 0. The minimum absolute atomic E-state index is 1.66. The highest BCUT2D eigenvalue weighted by atomic mass is 80.0. The molecular weight excluding hydrogens is 553 g/mol. The van der Waals surface area contributed by atoms with Gasteiger partial charge in [-0.3, -0.25) is 0 Å². The van der Waals surface area contributed by atoms with Gasteiger partial charge >= 0.3 is 5.92 Å². The summed E-state index contributed by atoms with van der Waals surface area (Å²) in [6.45, 7) is 0. The molecule has 0 aliphatic rings. The van der Waals surface area contributed by atoms with Crippen molar-refractivity contribution in [2.75, 3.05) is 0 Å². The first-order valence-corrected chi connectivity index (χ1v) is 6.77. The molecule has 0 aromatic carbocycles. The number of hydrogen-bond acceptors (Lipinski definition) is 0. The number of rotatable bonds is 0. The summed E-state index contributed by atoms with van der Waals surface area (Å²) in [5, 5.41) is 0. The SMILES string of the molecule is FC(F)(C(Br)(Br)Br)C(Br)(Br)Br. The van der Waals surface area contributed by atoms with Crippen molar-refractivity contribution in [2.24, 2.45) is 0 Å². The molecule has 8 heteroatoms. The Morgan fingerprint density at radius 2 is 0.818 bits per heavy atom. The Kier molecular flexibility index (Phi) is 5.10. The van der Waals surface area contributed by atoms with Gasteiger partial charge in [0.15, 0.2) is 0 Å². The molecule has 0 fully saturated rings. The zero-order valence-electron chi connectivity index (χ0n) is 4.52. The minimum Gasteiger partial charge on any atom is -0.200 e. The van der Waals surface area contributed by atoms with Gasteiger partial charge in [0.05, 0.1) is 0 Å². The van der Waals surface area contributed by atoms with E-state index >= 15 is 0 Å². The van der Waals surface area contributed by atoms with Gasteiger partial charge in [0, 0.05) is 0 Å². The van der Waals surface area contributed by atoms with Crippen LogP contribution in [-0.4, -0.2) is 10.2 Å². The van der Waals surface area contributed by atoms with Crippen LogP contribution in [0.3, 0.4) is 0 Å². The average Bonchev–Trinajstić information content (AvgIpc) is 1.58. The summed E-state index contributed by atoms with van der Waals surface area (Å²) in [6.07, 6.45) is 0. The Morgan fingerprint density at radius 3 is 0.818 bits per heavy atom. The predicted octanol–water partition coefficient (Wildman–Crippen LogP) is 5.30. The lowest BCUT2D eigenvalue weighted by molar-refractivity contribution is 0.0313. The van der Waals surface area contributed by atoms with Crippen molar-refractivity contribution in [1.29, 1.82) is 0 Å². The first-order valence-electron chi connectivity index (χ1n) is 2.01. The van der Waals surface area contributed by atoms with E-state index in [2.05, 4.69) is 95.6 Å². The predicted molar refractivity (Wildman–Crippen MR) is 64.0 cm³/mol. The first-order chi connectivity index (χ1) is 4.50. The molecule has 0 aromatic heterocycles. The number of alkyl halides is 8. The van der Waals surface area contributed by atoms with Crippen LogP contribution in [0.5, 0.6) is 0 Å². The zero-order chi connectivity index (χ0) is 9.50. The van der Waals surface area contributed by atoms with Gasteiger partial charge in [-0.2, -0.15) is 8.78 Å². The first kappa shape index (κ1) is 13.7. The molecule has 0 nitrogen and oxygen atoms in total. The van der Waals surface area contributed by atoms with Crippen molar-refractivity contribution >= 4 is 95.6 Å². The summed E-state index contributed by atoms with van der Waals surface area (Å²) < 4.78 is 23.0. The molecule has 11 heavy (non-hydrogen) atoms. The molecule has 0 aliphatic carbocycles. The lowest BCUT2D eigenvalue weighted by Gasteiger charge is -2.31. The second-order valence-corrected chi connectivity index (χ2v) is 15.1.